The van der Waals surface area contributed by atoms with Crippen LogP contribution in [0.15, 0.2) is 0 Å². The molecule has 0 aliphatic carbocycles. The fraction of sp³-hybridized carbons (Fsp3) is 0.0909. The summed E-state index contributed by atoms with van der Waals surface area (Å²) in [6.45, 7) is 1.04. The van der Waals surface area contributed by atoms with Crippen molar-refractivity contribution in [2.75, 3.05) is 0 Å². The molecule has 4 aromatic rings. The molecule has 0 N–H and O–H groups in total. The maximum absolute atomic E-state index is 15.4. The molecule has 0 amide bonds. The number of halogens is 13. The molecular formula is C22H5F13. The molecule has 0 spiro atoms. The van der Waals surface area contributed by atoms with Gasteiger partial charge in [-0.2, -0.15) is 0 Å². The molecule has 35 heavy (non-hydrogen) atoms. The Labute approximate surface area is 185 Å². The van der Waals surface area contributed by atoms with Crippen LogP contribution in [0.3, 0.4) is 0 Å². The highest BCUT2D eigenvalue weighted by Gasteiger charge is 2.36. The Morgan fingerprint density at radius 2 is 0.657 bits per heavy atom. The van der Waals surface area contributed by atoms with Crippen LogP contribution in [-0.2, 0) is 6.42 Å². The van der Waals surface area contributed by atoms with E-state index in [0.717, 1.165) is 6.92 Å². The topological polar surface area (TPSA) is 0 Å². The van der Waals surface area contributed by atoms with Gasteiger partial charge in [0.05, 0.1) is 10.9 Å². The molecule has 0 radical (unpaired) electrons. The lowest BCUT2D eigenvalue weighted by molar-refractivity contribution is 0.413. The highest BCUT2D eigenvalue weighted by Crippen LogP contribution is 2.46. The van der Waals surface area contributed by atoms with Crippen molar-refractivity contribution in [2.45, 2.75) is 13.3 Å². The van der Waals surface area contributed by atoms with Crippen molar-refractivity contribution in [3.05, 3.63) is 81.2 Å². The third-order valence-electron chi connectivity index (χ3n) is 5.43. The zero-order valence-corrected chi connectivity index (χ0v) is 16.6. The number of hydrogen-bond acceptors (Lipinski definition) is 0. The summed E-state index contributed by atoms with van der Waals surface area (Å²) in [5, 5.41) is -8.24. The minimum atomic E-state index is -2.76. The monoisotopic (exact) mass is 516 g/mol. The van der Waals surface area contributed by atoms with Gasteiger partial charge in [0.25, 0.3) is 0 Å². The fourth-order valence-electron chi connectivity index (χ4n) is 3.85. The van der Waals surface area contributed by atoms with Crippen LogP contribution >= 0.6 is 0 Å². The highest BCUT2D eigenvalue weighted by molar-refractivity contribution is 6.15. The van der Waals surface area contributed by atoms with Gasteiger partial charge in [0.1, 0.15) is 5.82 Å². The Balaban J connectivity index is 2.49. The average molecular weight is 516 g/mol. The predicted molar refractivity (Wildman–Crippen MR) is 95.7 cm³/mol. The Kier molecular flexibility index (Phi) is 5.64. The number of benzene rings is 4. The maximum Gasteiger partial charge on any atom is 0.198 e. The molecule has 0 bridgehead atoms. The van der Waals surface area contributed by atoms with Gasteiger partial charge in [-0.05, 0) is 6.42 Å². The van der Waals surface area contributed by atoms with Crippen LogP contribution in [0.25, 0.3) is 32.7 Å². The molecule has 0 aromatic heterocycles. The molecule has 0 aliphatic rings. The lowest BCUT2D eigenvalue weighted by atomic mass is 9.89. The van der Waals surface area contributed by atoms with E-state index in [4.69, 9.17) is 0 Å². The third kappa shape index (κ3) is 3.02. The second-order valence-corrected chi connectivity index (χ2v) is 7.16. The molecule has 0 heterocycles. The van der Waals surface area contributed by atoms with Crippen LogP contribution in [0.2, 0.25) is 0 Å². The first-order chi connectivity index (χ1) is 16.3. The van der Waals surface area contributed by atoms with Crippen molar-refractivity contribution in [2.24, 2.45) is 0 Å². The average Bonchev–Trinajstić information content (AvgIpc) is 2.83. The van der Waals surface area contributed by atoms with Gasteiger partial charge in [0, 0.05) is 27.3 Å². The van der Waals surface area contributed by atoms with Gasteiger partial charge in [-0.25, -0.2) is 57.1 Å². The van der Waals surface area contributed by atoms with Gasteiger partial charge >= 0.3 is 0 Å². The molecule has 4 rings (SSSR count). The number of rotatable bonds is 2. The molecule has 184 valence electrons. The molecule has 0 aliphatic heterocycles. The van der Waals surface area contributed by atoms with Crippen molar-refractivity contribution < 1.29 is 57.1 Å². The second-order valence-electron chi connectivity index (χ2n) is 7.16. The van der Waals surface area contributed by atoms with Gasteiger partial charge < -0.3 is 0 Å². The lowest BCUT2D eigenvalue weighted by Crippen LogP contribution is -2.10. The third-order valence-corrected chi connectivity index (χ3v) is 5.43. The van der Waals surface area contributed by atoms with Crippen LogP contribution in [0.5, 0.6) is 0 Å². The largest absolute Gasteiger partial charge is 0.205 e. The van der Waals surface area contributed by atoms with E-state index in [0.29, 0.717) is 0 Å². The zero-order chi connectivity index (χ0) is 26.3. The minimum absolute atomic E-state index is 0.681. The SMILES string of the molecule is CCc1c(F)c(F)c(-c2c(F)c3c(F)c(F)c(F)c(F)c3c3c(F)c(F)c(F)c(F)c23)c(F)c1F. The molecular weight excluding hydrogens is 511 g/mol. The van der Waals surface area contributed by atoms with Crippen molar-refractivity contribution in [3.63, 3.8) is 0 Å². The summed E-state index contributed by atoms with van der Waals surface area (Å²) in [5.41, 5.74) is -5.58. The van der Waals surface area contributed by atoms with Crippen molar-refractivity contribution >= 4 is 21.5 Å². The molecule has 0 nitrogen and oxygen atoms in total. The highest BCUT2D eigenvalue weighted by atomic mass is 19.2. The summed E-state index contributed by atoms with van der Waals surface area (Å²) in [5.74, 6) is -33.4. The van der Waals surface area contributed by atoms with E-state index in [1.807, 2.05) is 0 Å². The fourth-order valence-corrected chi connectivity index (χ4v) is 3.85. The van der Waals surface area contributed by atoms with Crippen LogP contribution in [0, 0.1) is 75.6 Å². The first-order valence-corrected chi connectivity index (χ1v) is 9.27. The Morgan fingerprint density at radius 3 is 1.06 bits per heavy atom. The lowest BCUT2D eigenvalue weighted by Gasteiger charge is -2.18. The summed E-state index contributed by atoms with van der Waals surface area (Å²) in [6.07, 6.45) is -0.681. The van der Waals surface area contributed by atoms with E-state index < -0.39 is 120 Å². The standard InChI is InChI=1S/C22H5F13/c1-2-3-10(23)16(29)9(17(30)11(3)24)6-4-5(14(27)20(33)19(32)13(4)26)7-8(12(6)25)18(31)22(35)21(34)15(7)28/h2H2,1H3. The van der Waals surface area contributed by atoms with E-state index >= 15 is 4.39 Å². The van der Waals surface area contributed by atoms with E-state index in [-0.39, 0.29) is 0 Å². The maximum atomic E-state index is 15.4. The van der Waals surface area contributed by atoms with E-state index in [2.05, 4.69) is 0 Å². The molecule has 4 aromatic carbocycles. The molecule has 0 saturated heterocycles. The first kappa shape index (κ1) is 24.6. The molecule has 0 atom stereocenters. The summed E-state index contributed by atoms with van der Waals surface area (Å²) in [6, 6.07) is 0. The summed E-state index contributed by atoms with van der Waals surface area (Å²) >= 11 is 0. The summed E-state index contributed by atoms with van der Waals surface area (Å²) in [7, 11) is 0. The van der Waals surface area contributed by atoms with Gasteiger partial charge in [0.15, 0.2) is 69.8 Å². The normalized spacial score (nSPS) is 11.8. The van der Waals surface area contributed by atoms with Gasteiger partial charge in [-0.3, -0.25) is 0 Å². The Morgan fingerprint density at radius 1 is 0.314 bits per heavy atom. The smallest absolute Gasteiger partial charge is 0.198 e. The summed E-state index contributed by atoms with van der Waals surface area (Å²) < 4.78 is 188. The molecule has 0 saturated carbocycles. The van der Waals surface area contributed by atoms with Crippen LogP contribution in [0.1, 0.15) is 12.5 Å². The Bertz CT molecular complexity index is 1580. The summed E-state index contributed by atoms with van der Waals surface area (Å²) in [4.78, 5) is 0. The molecule has 0 unspecified atom stereocenters. The minimum Gasteiger partial charge on any atom is -0.205 e. The number of hydrogen-bond donors (Lipinski definition) is 0. The van der Waals surface area contributed by atoms with E-state index in [9.17, 15) is 52.7 Å². The second kappa shape index (κ2) is 8.02. The molecule has 0 fully saturated rings. The number of fused-ring (bicyclic) bond motifs is 3. The Hall–Kier alpha value is -3.51. The van der Waals surface area contributed by atoms with Crippen molar-refractivity contribution in [1.29, 1.82) is 0 Å². The quantitative estimate of drug-likeness (QED) is 0.110. The predicted octanol–water partition coefficient (Wildman–Crippen LogP) is 8.03. The molecule has 13 heteroatoms. The van der Waals surface area contributed by atoms with E-state index in [1.54, 1.807) is 0 Å². The zero-order valence-electron chi connectivity index (χ0n) is 16.6. The first-order valence-electron chi connectivity index (χ1n) is 9.27. The van der Waals surface area contributed by atoms with Crippen molar-refractivity contribution in [3.8, 4) is 11.1 Å². The van der Waals surface area contributed by atoms with Crippen LogP contribution in [0.4, 0.5) is 57.1 Å². The van der Waals surface area contributed by atoms with Gasteiger partial charge in [-0.15, -0.1) is 0 Å². The van der Waals surface area contributed by atoms with E-state index in [1.165, 1.54) is 0 Å². The van der Waals surface area contributed by atoms with Gasteiger partial charge in [-0.1, -0.05) is 6.92 Å². The van der Waals surface area contributed by atoms with Gasteiger partial charge in [0.2, 0.25) is 0 Å². The van der Waals surface area contributed by atoms with Crippen molar-refractivity contribution in [1.82, 2.24) is 0 Å². The van der Waals surface area contributed by atoms with Crippen LogP contribution in [-0.4, -0.2) is 0 Å². The van der Waals surface area contributed by atoms with Crippen LogP contribution < -0.4 is 0 Å².